The van der Waals surface area contributed by atoms with Crippen molar-refractivity contribution in [2.24, 2.45) is 0 Å². The number of furan rings is 1. The molecule has 0 unspecified atom stereocenters. The Kier molecular flexibility index (Phi) is 3.09. The molecule has 25 heavy (non-hydrogen) atoms. The molecule has 0 bridgehead atoms. The summed E-state index contributed by atoms with van der Waals surface area (Å²) in [6, 6.07) is 22.7. The zero-order valence-electron chi connectivity index (χ0n) is 13.1. The van der Waals surface area contributed by atoms with Crippen LogP contribution in [-0.2, 0) is 0 Å². The molecule has 0 radical (unpaired) electrons. The minimum Gasteiger partial charge on any atom is -0.455 e. The summed E-state index contributed by atoms with van der Waals surface area (Å²) >= 11 is 5.90. The average Bonchev–Trinajstić information content (AvgIpc) is 3.01. The second-order valence-electron chi connectivity index (χ2n) is 6.07. The topological polar surface area (TPSA) is 13.1 Å². The minimum atomic E-state index is -0.338. The van der Waals surface area contributed by atoms with E-state index in [0.717, 1.165) is 38.3 Å². The largest absolute Gasteiger partial charge is 0.455 e. The van der Waals surface area contributed by atoms with Gasteiger partial charge in [0, 0.05) is 26.7 Å². The normalized spacial score (nSPS) is 11.6. The van der Waals surface area contributed by atoms with Crippen molar-refractivity contribution in [1.29, 1.82) is 0 Å². The molecule has 0 atom stereocenters. The first-order valence-electron chi connectivity index (χ1n) is 8.01. The number of fused-ring (bicyclic) bond motifs is 5. The second-order valence-corrected chi connectivity index (χ2v) is 6.50. The molecule has 3 heteroatoms. The Bertz CT molecular complexity index is 1270. The number of rotatable bonds is 1. The Labute approximate surface area is 148 Å². The van der Waals surface area contributed by atoms with E-state index in [1.807, 2.05) is 42.5 Å². The van der Waals surface area contributed by atoms with E-state index in [-0.39, 0.29) is 5.82 Å². The summed E-state index contributed by atoms with van der Waals surface area (Å²) in [5, 5.41) is 4.46. The highest BCUT2D eigenvalue weighted by molar-refractivity contribution is 6.30. The molecule has 1 nitrogen and oxygen atoms in total. The highest BCUT2D eigenvalue weighted by Crippen LogP contribution is 2.40. The molecule has 1 aromatic heterocycles. The van der Waals surface area contributed by atoms with Gasteiger partial charge in [-0.15, -0.1) is 0 Å². The molecule has 0 fully saturated rings. The van der Waals surface area contributed by atoms with E-state index in [0.29, 0.717) is 10.6 Å². The van der Waals surface area contributed by atoms with Crippen LogP contribution < -0.4 is 0 Å². The zero-order chi connectivity index (χ0) is 17.0. The van der Waals surface area contributed by atoms with E-state index in [4.69, 9.17) is 16.0 Å². The van der Waals surface area contributed by atoms with Gasteiger partial charge in [-0.1, -0.05) is 54.1 Å². The molecule has 0 spiro atoms. The summed E-state index contributed by atoms with van der Waals surface area (Å²) in [4.78, 5) is 0. The van der Waals surface area contributed by atoms with Crippen LogP contribution in [0.25, 0.3) is 43.8 Å². The molecule has 1 heterocycles. The van der Waals surface area contributed by atoms with Gasteiger partial charge in [0.1, 0.15) is 17.0 Å². The average molecular weight is 347 g/mol. The monoisotopic (exact) mass is 346 g/mol. The fraction of sp³-hybridized carbons (Fsp3) is 0. The fourth-order valence-electron chi connectivity index (χ4n) is 3.49. The Balaban J connectivity index is 1.93. The number of hydrogen-bond acceptors (Lipinski definition) is 1. The van der Waals surface area contributed by atoms with Gasteiger partial charge >= 0.3 is 0 Å². The van der Waals surface area contributed by atoms with E-state index in [1.165, 1.54) is 6.07 Å². The molecule has 0 saturated heterocycles. The van der Waals surface area contributed by atoms with Crippen molar-refractivity contribution in [3.8, 4) is 11.1 Å². The van der Waals surface area contributed by atoms with Crippen LogP contribution in [0.3, 0.4) is 0 Å². The van der Waals surface area contributed by atoms with E-state index in [9.17, 15) is 4.39 Å². The van der Waals surface area contributed by atoms with Crippen LogP contribution in [0.1, 0.15) is 0 Å². The van der Waals surface area contributed by atoms with Crippen LogP contribution in [-0.4, -0.2) is 0 Å². The molecule has 0 N–H and O–H groups in total. The van der Waals surface area contributed by atoms with Gasteiger partial charge < -0.3 is 4.42 Å². The highest BCUT2D eigenvalue weighted by Gasteiger charge is 2.16. The Morgan fingerprint density at radius 3 is 2.52 bits per heavy atom. The van der Waals surface area contributed by atoms with Crippen molar-refractivity contribution in [1.82, 2.24) is 0 Å². The zero-order valence-corrected chi connectivity index (χ0v) is 13.8. The van der Waals surface area contributed by atoms with Crippen molar-refractivity contribution in [3.05, 3.63) is 83.6 Å². The first kappa shape index (κ1) is 14.5. The van der Waals surface area contributed by atoms with Crippen molar-refractivity contribution in [2.75, 3.05) is 0 Å². The molecule has 0 amide bonds. The minimum absolute atomic E-state index is 0.338. The van der Waals surface area contributed by atoms with Crippen molar-refractivity contribution >= 4 is 44.3 Å². The summed E-state index contributed by atoms with van der Waals surface area (Å²) in [5.74, 6) is -0.338. The van der Waals surface area contributed by atoms with Crippen molar-refractivity contribution < 1.29 is 8.81 Å². The first-order valence-corrected chi connectivity index (χ1v) is 8.38. The molecular formula is C22H12ClFO. The van der Waals surface area contributed by atoms with Gasteiger partial charge in [0.25, 0.3) is 0 Å². The highest BCUT2D eigenvalue weighted by atomic mass is 35.5. The van der Waals surface area contributed by atoms with Gasteiger partial charge in [-0.25, -0.2) is 4.39 Å². The number of halogens is 2. The predicted molar refractivity (Wildman–Crippen MR) is 102 cm³/mol. The van der Waals surface area contributed by atoms with Crippen molar-refractivity contribution in [3.63, 3.8) is 0 Å². The van der Waals surface area contributed by atoms with Crippen LogP contribution in [0, 0.1) is 5.82 Å². The molecular weight excluding hydrogens is 335 g/mol. The molecule has 5 rings (SSSR count). The van der Waals surface area contributed by atoms with Crippen LogP contribution in [0.15, 0.2) is 77.2 Å². The molecule has 0 aliphatic rings. The lowest BCUT2D eigenvalue weighted by molar-refractivity contribution is 0.631. The van der Waals surface area contributed by atoms with Gasteiger partial charge in [-0.05, 0) is 41.3 Å². The van der Waals surface area contributed by atoms with E-state index in [1.54, 1.807) is 12.1 Å². The van der Waals surface area contributed by atoms with E-state index >= 15 is 0 Å². The van der Waals surface area contributed by atoms with Gasteiger partial charge in [0.2, 0.25) is 0 Å². The number of benzene rings is 4. The molecule has 0 saturated carbocycles. The smallest absolute Gasteiger partial charge is 0.143 e. The Morgan fingerprint density at radius 1 is 0.760 bits per heavy atom. The fourth-order valence-corrected chi connectivity index (χ4v) is 3.64. The standard InChI is InChI=1S/C22H12ClFO/c23-14-9-11-16(19(24)12-14)17-6-3-7-20-21(17)18-10-8-13-4-1-2-5-15(13)22(18)25-20/h1-12H. The SMILES string of the molecule is Fc1cc(Cl)ccc1-c1cccc2oc3c4ccccc4ccc3c12. The van der Waals surface area contributed by atoms with Gasteiger partial charge in [0.15, 0.2) is 0 Å². The van der Waals surface area contributed by atoms with Gasteiger partial charge in [-0.2, -0.15) is 0 Å². The summed E-state index contributed by atoms with van der Waals surface area (Å²) in [6.07, 6.45) is 0. The maximum atomic E-state index is 14.5. The second kappa shape index (κ2) is 5.33. The lowest BCUT2D eigenvalue weighted by Gasteiger charge is -2.06. The predicted octanol–water partition coefficient (Wildman–Crippen LogP) is 7.20. The lowest BCUT2D eigenvalue weighted by Crippen LogP contribution is -1.85. The maximum absolute atomic E-state index is 14.5. The van der Waals surface area contributed by atoms with E-state index < -0.39 is 0 Å². The third kappa shape index (κ3) is 2.15. The summed E-state index contributed by atoms with van der Waals surface area (Å²) < 4.78 is 20.7. The Hall–Kier alpha value is -2.84. The van der Waals surface area contributed by atoms with Gasteiger partial charge in [-0.3, -0.25) is 0 Å². The van der Waals surface area contributed by atoms with Crippen molar-refractivity contribution in [2.45, 2.75) is 0 Å². The van der Waals surface area contributed by atoms with Crippen LogP contribution in [0.5, 0.6) is 0 Å². The quantitative estimate of drug-likeness (QED) is 0.313. The molecule has 0 aliphatic heterocycles. The molecule has 5 aromatic rings. The third-order valence-electron chi connectivity index (χ3n) is 4.61. The summed E-state index contributed by atoms with van der Waals surface area (Å²) in [7, 11) is 0. The maximum Gasteiger partial charge on any atom is 0.143 e. The van der Waals surface area contributed by atoms with Crippen LogP contribution >= 0.6 is 11.6 Å². The Morgan fingerprint density at radius 2 is 1.64 bits per heavy atom. The van der Waals surface area contributed by atoms with Crippen LogP contribution in [0.2, 0.25) is 5.02 Å². The summed E-state index contributed by atoms with van der Waals surface area (Å²) in [5.41, 5.74) is 2.90. The lowest BCUT2D eigenvalue weighted by atomic mass is 9.98. The molecule has 120 valence electrons. The van der Waals surface area contributed by atoms with Crippen LogP contribution in [0.4, 0.5) is 4.39 Å². The summed E-state index contributed by atoms with van der Waals surface area (Å²) in [6.45, 7) is 0. The third-order valence-corrected chi connectivity index (χ3v) is 4.84. The molecule has 4 aromatic carbocycles. The van der Waals surface area contributed by atoms with Gasteiger partial charge in [0.05, 0.1) is 0 Å². The molecule has 0 aliphatic carbocycles. The number of hydrogen-bond donors (Lipinski definition) is 0. The first-order chi connectivity index (χ1) is 12.2. The van der Waals surface area contributed by atoms with E-state index in [2.05, 4.69) is 12.1 Å².